The van der Waals surface area contributed by atoms with Crippen LogP contribution in [0.3, 0.4) is 0 Å². The van der Waals surface area contributed by atoms with Crippen LogP contribution in [0.4, 0.5) is 0 Å². The van der Waals surface area contributed by atoms with Crippen LogP contribution in [0.5, 0.6) is 0 Å². The highest BCUT2D eigenvalue weighted by atomic mass is 35.5. The minimum absolute atomic E-state index is 0.299. The van der Waals surface area contributed by atoms with Crippen LogP contribution in [0.25, 0.3) is 18.7 Å². The largest absolute Gasteiger partial charge is 0.491 e. The highest BCUT2D eigenvalue weighted by Gasteiger charge is 2.20. The van der Waals surface area contributed by atoms with Crippen LogP contribution in [-0.4, -0.2) is 41.1 Å². The van der Waals surface area contributed by atoms with Gasteiger partial charge < -0.3 is 14.2 Å². The average molecular weight is 415 g/mol. The summed E-state index contributed by atoms with van der Waals surface area (Å²) in [5.74, 6) is 1.43. The van der Waals surface area contributed by atoms with Gasteiger partial charge in [-0.1, -0.05) is 43.5 Å². The molecule has 158 valence electrons. The first kappa shape index (κ1) is 23.3. The number of piperidine rings is 1. The molecule has 0 N–H and O–H groups in total. The van der Waals surface area contributed by atoms with Gasteiger partial charge in [-0.05, 0) is 57.4 Å². The molecule has 1 aliphatic rings. The summed E-state index contributed by atoms with van der Waals surface area (Å²) < 4.78 is 8.35. The maximum Gasteiger partial charge on any atom is 0.115 e. The quantitative estimate of drug-likeness (QED) is 0.319. The predicted octanol–water partition coefficient (Wildman–Crippen LogP) is 4.47. The Morgan fingerprint density at radius 1 is 1.28 bits per heavy atom. The molecule has 0 radical (unpaired) electrons. The molecule has 1 fully saturated rings. The molecule has 1 aliphatic heterocycles. The van der Waals surface area contributed by atoms with Crippen LogP contribution in [0.1, 0.15) is 38.7 Å². The summed E-state index contributed by atoms with van der Waals surface area (Å²) in [7, 11) is 0. The molecular weight excluding hydrogens is 380 g/mol. The molecule has 1 aromatic rings. The van der Waals surface area contributed by atoms with Crippen LogP contribution in [-0.2, 0) is 11.3 Å². The Bertz CT molecular complexity index is 839. The van der Waals surface area contributed by atoms with Crippen molar-refractivity contribution in [3.05, 3.63) is 65.0 Å². The molecule has 0 atom stereocenters. The Kier molecular flexibility index (Phi) is 10.1. The SMILES string of the molecule is C=Cc1cn(CCCN2CCC(OC(/C=C\CCl)=C/C)CC2)c(=C)/c1=C\C=C/C. The van der Waals surface area contributed by atoms with Crippen molar-refractivity contribution in [3.63, 3.8) is 0 Å². The first-order chi connectivity index (χ1) is 14.1. The summed E-state index contributed by atoms with van der Waals surface area (Å²) >= 11 is 5.72. The van der Waals surface area contributed by atoms with Gasteiger partial charge in [0.25, 0.3) is 0 Å². The van der Waals surface area contributed by atoms with Gasteiger partial charge in [-0.3, -0.25) is 0 Å². The van der Waals surface area contributed by atoms with E-state index in [1.807, 2.05) is 44.2 Å². The molecule has 1 saturated heterocycles. The predicted molar refractivity (Wildman–Crippen MR) is 127 cm³/mol. The van der Waals surface area contributed by atoms with Gasteiger partial charge >= 0.3 is 0 Å². The number of aromatic nitrogens is 1. The molecule has 0 bridgehead atoms. The second-order valence-corrected chi connectivity index (χ2v) is 7.60. The Morgan fingerprint density at radius 2 is 2.03 bits per heavy atom. The fourth-order valence-corrected chi connectivity index (χ4v) is 3.74. The minimum Gasteiger partial charge on any atom is -0.491 e. The lowest BCUT2D eigenvalue weighted by molar-refractivity contribution is 0.0548. The third kappa shape index (κ3) is 7.09. The van der Waals surface area contributed by atoms with E-state index < -0.39 is 0 Å². The molecular formula is C25H35ClN2O. The van der Waals surface area contributed by atoms with E-state index in [4.69, 9.17) is 16.3 Å². The normalized spacial score (nSPS) is 17.6. The minimum atomic E-state index is 0.299. The van der Waals surface area contributed by atoms with Crippen LogP contribution in [0.15, 0.2) is 48.9 Å². The van der Waals surface area contributed by atoms with Crippen molar-refractivity contribution in [2.24, 2.45) is 0 Å². The molecule has 1 aromatic heterocycles. The number of rotatable bonds is 10. The lowest BCUT2D eigenvalue weighted by atomic mass is 10.1. The van der Waals surface area contributed by atoms with Gasteiger partial charge in [0.2, 0.25) is 0 Å². The van der Waals surface area contributed by atoms with E-state index in [2.05, 4.69) is 41.0 Å². The zero-order valence-electron chi connectivity index (χ0n) is 17.9. The molecule has 0 aromatic carbocycles. The van der Waals surface area contributed by atoms with Gasteiger partial charge in [-0.2, -0.15) is 0 Å². The highest BCUT2D eigenvalue weighted by Crippen LogP contribution is 2.17. The molecule has 0 aliphatic carbocycles. The zero-order chi connectivity index (χ0) is 21.1. The molecule has 0 unspecified atom stereocenters. The van der Waals surface area contributed by atoms with Gasteiger partial charge in [0.15, 0.2) is 0 Å². The molecule has 2 heterocycles. The molecule has 29 heavy (non-hydrogen) atoms. The maximum absolute atomic E-state index is 6.10. The summed E-state index contributed by atoms with van der Waals surface area (Å²) in [4.78, 5) is 2.54. The van der Waals surface area contributed by atoms with Crippen LogP contribution in [0, 0.1) is 0 Å². The molecule has 4 heteroatoms. The fraction of sp³-hybridized carbons (Fsp3) is 0.440. The molecule has 0 spiro atoms. The number of ether oxygens (including phenoxy) is 1. The van der Waals surface area contributed by atoms with E-state index >= 15 is 0 Å². The number of nitrogens with zero attached hydrogens (tertiary/aromatic N) is 2. The zero-order valence-corrected chi connectivity index (χ0v) is 18.7. The number of hydrogen-bond acceptors (Lipinski definition) is 2. The van der Waals surface area contributed by atoms with Crippen LogP contribution >= 0.6 is 11.6 Å². The average Bonchev–Trinajstić information content (AvgIpc) is 3.05. The number of halogens is 1. The Balaban J connectivity index is 1.82. The summed E-state index contributed by atoms with van der Waals surface area (Å²) in [5, 5.41) is 2.23. The summed E-state index contributed by atoms with van der Waals surface area (Å²) in [5.41, 5.74) is 1.15. The summed E-state index contributed by atoms with van der Waals surface area (Å²) in [6.07, 6.45) is 19.7. The molecule has 2 rings (SSSR count). The molecule has 0 saturated carbocycles. The standard InChI is InChI=1S/C25H35ClN2O/c1-5-8-12-25-21(4)28(20-22(25)6-2)17-10-16-27-18-13-24(14-19-27)29-23(7-3)11-9-15-26/h5-9,11-12,20,24H,2,4,10,13-19H2,1,3H3/b8-5-,11-9-,23-7+,25-12+. The van der Waals surface area contributed by atoms with E-state index in [0.717, 1.165) is 62.1 Å². The van der Waals surface area contributed by atoms with Crippen LogP contribution < -0.4 is 10.6 Å². The van der Waals surface area contributed by atoms with Crippen molar-refractivity contribution in [1.82, 2.24) is 9.47 Å². The van der Waals surface area contributed by atoms with E-state index in [9.17, 15) is 0 Å². The summed E-state index contributed by atoms with van der Waals surface area (Å²) in [6, 6.07) is 0. The molecule has 0 amide bonds. The smallest absolute Gasteiger partial charge is 0.115 e. The van der Waals surface area contributed by atoms with Gasteiger partial charge in [0.05, 0.1) is 0 Å². The van der Waals surface area contributed by atoms with Gasteiger partial charge in [-0.15, -0.1) is 11.6 Å². The van der Waals surface area contributed by atoms with Crippen molar-refractivity contribution in [2.45, 2.75) is 45.8 Å². The van der Waals surface area contributed by atoms with E-state index in [1.165, 1.54) is 5.22 Å². The van der Waals surface area contributed by atoms with Crippen molar-refractivity contribution < 1.29 is 4.74 Å². The van der Waals surface area contributed by atoms with E-state index in [1.54, 1.807) is 0 Å². The van der Waals surface area contributed by atoms with Gasteiger partial charge in [0.1, 0.15) is 11.9 Å². The topological polar surface area (TPSA) is 17.4 Å². The monoisotopic (exact) mass is 414 g/mol. The van der Waals surface area contributed by atoms with Crippen molar-refractivity contribution in [1.29, 1.82) is 0 Å². The number of likely N-dealkylation sites (tertiary alicyclic amines) is 1. The Labute approximate surface area is 181 Å². The van der Waals surface area contributed by atoms with E-state index in [0.29, 0.717) is 12.0 Å². The van der Waals surface area contributed by atoms with Crippen molar-refractivity contribution >= 4 is 30.3 Å². The summed E-state index contributed by atoms with van der Waals surface area (Å²) in [6.45, 7) is 16.5. The Hall–Kier alpha value is -1.97. The highest BCUT2D eigenvalue weighted by molar-refractivity contribution is 6.18. The van der Waals surface area contributed by atoms with E-state index in [-0.39, 0.29) is 0 Å². The third-order valence-electron chi connectivity index (χ3n) is 5.31. The number of allylic oxidation sites excluding steroid dienone is 5. The van der Waals surface area contributed by atoms with Gasteiger partial charge in [0, 0.05) is 42.3 Å². The second-order valence-electron chi connectivity index (χ2n) is 7.29. The first-order valence-corrected chi connectivity index (χ1v) is 11.1. The lowest BCUT2D eigenvalue weighted by Gasteiger charge is -2.32. The van der Waals surface area contributed by atoms with Gasteiger partial charge in [-0.25, -0.2) is 0 Å². The van der Waals surface area contributed by atoms with Crippen LogP contribution in [0.2, 0.25) is 0 Å². The number of hydrogen-bond donors (Lipinski definition) is 0. The third-order valence-corrected chi connectivity index (χ3v) is 5.48. The fourth-order valence-electron chi connectivity index (χ4n) is 3.66. The first-order valence-electron chi connectivity index (χ1n) is 10.5. The number of aryl methyl sites for hydroxylation is 1. The van der Waals surface area contributed by atoms with Crippen molar-refractivity contribution in [3.8, 4) is 0 Å². The second kappa shape index (κ2) is 12.6. The molecule has 3 nitrogen and oxygen atoms in total. The lowest BCUT2D eigenvalue weighted by Crippen LogP contribution is -2.38. The Morgan fingerprint density at radius 3 is 2.66 bits per heavy atom. The number of alkyl halides is 1. The maximum atomic E-state index is 6.10. The van der Waals surface area contributed by atoms with Crippen molar-refractivity contribution in [2.75, 3.05) is 25.5 Å².